The van der Waals surface area contributed by atoms with E-state index in [1.54, 1.807) is 30.3 Å². The van der Waals surface area contributed by atoms with Gasteiger partial charge in [0.05, 0.1) is 6.07 Å². The number of hydrogen-bond donors (Lipinski definition) is 1. The van der Waals surface area contributed by atoms with Crippen LogP contribution in [0.25, 0.3) is 0 Å². The predicted octanol–water partition coefficient (Wildman–Crippen LogP) is 4.40. The van der Waals surface area contributed by atoms with E-state index in [1.807, 2.05) is 36.4 Å². The third kappa shape index (κ3) is 4.71. The average molecular weight is 360 g/mol. The van der Waals surface area contributed by atoms with Crippen molar-refractivity contribution >= 4 is 5.91 Å². The first kappa shape index (κ1) is 18.2. The largest absolute Gasteiger partial charge is 0.489 e. The molecular formula is C22H17FN2O2. The van der Waals surface area contributed by atoms with Crippen LogP contribution in [0, 0.1) is 17.1 Å². The highest BCUT2D eigenvalue weighted by atomic mass is 19.1. The smallest absolute Gasteiger partial charge is 0.252 e. The van der Waals surface area contributed by atoms with Crippen LogP contribution in [0.2, 0.25) is 0 Å². The van der Waals surface area contributed by atoms with Gasteiger partial charge >= 0.3 is 0 Å². The lowest BCUT2D eigenvalue weighted by molar-refractivity contribution is 0.0944. The fourth-order valence-electron chi connectivity index (χ4n) is 2.55. The molecule has 1 amide bonds. The first-order valence-corrected chi connectivity index (χ1v) is 8.39. The molecule has 3 aromatic carbocycles. The van der Waals surface area contributed by atoms with E-state index in [9.17, 15) is 14.4 Å². The third-order valence-electron chi connectivity index (χ3n) is 3.99. The van der Waals surface area contributed by atoms with Crippen LogP contribution in [0.15, 0.2) is 78.9 Å². The summed E-state index contributed by atoms with van der Waals surface area (Å²) in [5.74, 6) is -0.366. The molecular weight excluding hydrogens is 343 g/mol. The molecule has 4 nitrogen and oxygen atoms in total. The monoisotopic (exact) mass is 360 g/mol. The molecule has 3 aromatic rings. The molecule has 0 fully saturated rings. The molecule has 0 aliphatic rings. The molecule has 0 aliphatic carbocycles. The van der Waals surface area contributed by atoms with Gasteiger partial charge in [-0.25, -0.2) is 4.39 Å². The molecule has 0 saturated carbocycles. The Morgan fingerprint density at radius 2 is 1.67 bits per heavy atom. The second kappa shape index (κ2) is 8.63. The lowest BCUT2D eigenvalue weighted by atomic mass is 10.1. The van der Waals surface area contributed by atoms with Gasteiger partial charge in [-0.2, -0.15) is 5.26 Å². The highest BCUT2D eigenvalue weighted by Gasteiger charge is 2.18. The minimum Gasteiger partial charge on any atom is -0.489 e. The number of nitriles is 1. The molecule has 0 bridgehead atoms. The van der Waals surface area contributed by atoms with Crippen molar-refractivity contribution < 1.29 is 13.9 Å². The maximum absolute atomic E-state index is 13.8. The zero-order valence-electron chi connectivity index (χ0n) is 14.4. The lowest BCUT2D eigenvalue weighted by Crippen LogP contribution is -2.28. The fourth-order valence-corrected chi connectivity index (χ4v) is 2.55. The number of carbonyl (C=O) groups excluding carboxylic acids is 1. The SMILES string of the molecule is N#CC(NC(=O)c1ccc(OCc2ccccc2)cc1)c1ccccc1F. The van der Waals surface area contributed by atoms with Crippen molar-refractivity contribution in [1.29, 1.82) is 5.26 Å². The van der Waals surface area contributed by atoms with Crippen molar-refractivity contribution in [3.05, 3.63) is 101 Å². The molecule has 5 heteroatoms. The molecule has 0 aliphatic heterocycles. The molecule has 0 saturated heterocycles. The van der Waals surface area contributed by atoms with Gasteiger partial charge in [0.1, 0.15) is 24.2 Å². The second-order valence-electron chi connectivity index (χ2n) is 5.86. The third-order valence-corrected chi connectivity index (χ3v) is 3.99. The first-order chi connectivity index (χ1) is 13.2. The van der Waals surface area contributed by atoms with Gasteiger partial charge in [0.25, 0.3) is 5.91 Å². The Balaban J connectivity index is 1.63. The molecule has 27 heavy (non-hydrogen) atoms. The average Bonchev–Trinajstić information content (AvgIpc) is 2.72. The zero-order chi connectivity index (χ0) is 19.1. The number of carbonyl (C=O) groups is 1. The van der Waals surface area contributed by atoms with Crippen molar-refractivity contribution in [2.24, 2.45) is 0 Å². The number of benzene rings is 3. The number of halogens is 1. The summed E-state index contributed by atoms with van der Waals surface area (Å²) in [6.45, 7) is 0.427. The van der Waals surface area contributed by atoms with Gasteiger partial charge in [0.2, 0.25) is 0 Å². The van der Waals surface area contributed by atoms with Crippen LogP contribution in [0.5, 0.6) is 5.75 Å². The number of nitrogens with one attached hydrogen (secondary N) is 1. The number of rotatable bonds is 6. The Hall–Kier alpha value is -3.65. The van der Waals surface area contributed by atoms with E-state index in [-0.39, 0.29) is 5.56 Å². The van der Waals surface area contributed by atoms with Gasteiger partial charge in [0, 0.05) is 11.1 Å². The van der Waals surface area contributed by atoms with Crippen LogP contribution in [-0.4, -0.2) is 5.91 Å². The van der Waals surface area contributed by atoms with E-state index in [4.69, 9.17) is 4.74 Å². The maximum atomic E-state index is 13.8. The quantitative estimate of drug-likeness (QED) is 0.709. The zero-order valence-corrected chi connectivity index (χ0v) is 14.4. The lowest BCUT2D eigenvalue weighted by Gasteiger charge is -2.13. The molecule has 1 atom stereocenters. The van der Waals surface area contributed by atoms with Crippen molar-refractivity contribution in [2.45, 2.75) is 12.6 Å². The Bertz CT molecular complexity index is 950. The van der Waals surface area contributed by atoms with Crippen molar-refractivity contribution in [1.82, 2.24) is 5.32 Å². The first-order valence-electron chi connectivity index (χ1n) is 8.39. The molecule has 1 unspecified atom stereocenters. The number of ether oxygens (including phenoxy) is 1. The summed E-state index contributed by atoms with van der Waals surface area (Å²) in [7, 11) is 0. The summed E-state index contributed by atoms with van der Waals surface area (Å²) in [6.07, 6.45) is 0. The number of amides is 1. The van der Waals surface area contributed by atoms with Crippen LogP contribution < -0.4 is 10.1 Å². The van der Waals surface area contributed by atoms with E-state index < -0.39 is 17.8 Å². The summed E-state index contributed by atoms with van der Waals surface area (Å²) >= 11 is 0. The summed E-state index contributed by atoms with van der Waals surface area (Å²) in [4.78, 5) is 12.4. The minimum atomic E-state index is -1.06. The van der Waals surface area contributed by atoms with Crippen LogP contribution in [-0.2, 0) is 6.61 Å². The van der Waals surface area contributed by atoms with Crippen molar-refractivity contribution in [3.8, 4) is 11.8 Å². The number of nitrogens with zero attached hydrogens (tertiary/aromatic N) is 1. The summed E-state index contributed by atoms with van der Waals surface area (Å²) in [6, 6.07) is 23.0. The molecule has 0 heterocycles. The van der Waals surface area contributed by atoms with Crippen molar-refractivity contribution in [2.75, 3.05) is 0 Å². The predicted molar refractivity (Wildman–Crippen MR) is 99.4 cm³/mol. The summed E-state index contributed by atoms with van der Waals surface area (Å²) in [5, 5.41) is 11.8. The normalized spacial score (nSPS) is 11.3. The molecule has 0 radical (unpaired) electrons. The molecule has 3 rings (SSSR count). The van der Waals surface area contributed by atoms with Gasteiger partial charge in [-0.15, -0.1) is 0 Å². The fraction of sp³-hybridized carbons (Fsp3) is 0.0909. The molecule has 0 spiro atoms. The van der Waals surface area contributed by atoms with Crippen LogP contribution in [0.4, 0.5) is 4.39 Å². The Kier molecular flexibility index (Phi) is 5.80. The summed E-state index contributed by atoms with van der Waals surface area (Å²) in [5.41, 5.74) is 1.54. The van der Waals surface area contributed by atoms with Gasteiger partial charge in [-0.3, -0.25) is 4.79 Å². The van der Waals surface area contributed by atoms with Crippen LogP contribution in [0.3, 0.4) is 0 Å². The topological polar surface area (TPSA) is 62.1 Å². The van der Waals surface area contributed by atoms with Gasteiger partial charge in [-0.05, 0) is 35.9 Å². The Morgan fingerprint density at radius 1 is 1.00 bits per heavy atom. The van der Waals surface area contributed by atoms with E-state index >= 15 is 0 Å². The Labute approximate surface area is 156 Å². The molecule has 0 aromatic heterocycles. The van der Waals surface area contributed by atoms with E-state index in [0.29, 0.717) is 17.9 Å². The van der Waals surface area contributed by atoms with Crippen LogP contribution >= 0.6 is 0 Å². The van der Waals surface area contributed by atoms with Crippen LogP contribution in [0.1, 0.15) is 27.5 Å². The summed E-state index contributed by atoms with van der Waals surface area (Å²) < 4.78 is 19.5. The van der Waals surface area contributed by atoms with Gasteiger partial charge in [0.15, 0.2) is 0 Å². The van der Waals surface area contributed by atoms with E-state index in [2.05, 4.69) is 5.32 Å². The van der Waals surface area contributed by atoms with Crippen molar-refractivity contribution in [3.63, 3.8) is 0 Å². The standard InChI is InChI=1S/C22H17FN2O2/c23-20-9-5-4-8-19(20)21(14-24)25-22(26)17-10-12-18(13-11-17)27-15-16-6-2-1-3-7-16/h1-13,21H,15H2,(H,25,26). The highest BCUT2D eigenvalue weighted by molar-refractivity contribution is 5.94. The molecule has 1 N–H and O–H groups in total. The van der Waals surface area contributed by atoms with Gasteiger partial charge in [-0.1, -0.05) is 48.5 Å². The van der Waals surface area contributed by atoms with E-state index in [1.165, 1.54) is 18.2 Å². The second-order valence-corrected chi connectivity index (χ2v) is 5.86. The number of hydrogen-bond acceptors (Lipinski definition) is 3. The van der Waals surface area contributed by atoms with E-state index in [0.717, 1.165) is 5.56 Å². The highest BCUT2D eigenvalue weighted by Crippen LogP contribution is 2.18. The molecule has 134 valence electrons. The maximum Gasteiger partial charge on any atom is 0.252 e. The minimum absolute atomic E-state index is 0.135. The Morgan fingerprint density at radius 3 is 2.33 bits per heavy atom. The van der Waals surface area contributed by atoms with Gasteiger partial charge < -0.3 is 10.1 Å².